The maximum Gasteiger partial charge on any atom is 0.281 e. The molecule has 5 rings (SSSR count). The zero-order chi connectivity index (χ0) is 28.8. The molecule has 3 aromatic rings. The molecule has 1 fully saturated rings. The molecular weight excluding hydrogens is 557 g/mol. The number of fused-ring (bicyclic) bond motifs is 1. The van der Waals surface area contributed by atoms with Crippen molar-refractivity contribution in [2.24, 2.45) is 5.92 Å². The number of alkyl halides is 2. The van der Waals surface area contributed by atoms with Crippen LogP contribution in [0.1, 0.15) is 59.3 Å². The number of halogens is 6. The highest BCUT2D eigenvalue weighted by Crippen LogP contribution is 2.46. The summed E-state index contributed by atoms with van der Waals surface area (Å²) in [7, 11) is 0. The number of aromatic nitrogens is 1. The van der Waals surface area contributed by atoms with E-state index in [1.807, 2.05) is 0 Å². The van der Waals surface area contributed by atoms with Crippen LogP contribution in [0.2, 0.25) is 5.02 Å². The fraction of sp³-hybridized carbons (Fsp3) is 0.321. The molecule has 1 atom stereocenters. The van der Waals surface area contributed by atoms with Crippen molar-refractivity contribution in [1.29, 1.82) is 0 Å². The van der Waals surface area contributed by atoms with Gasteiger partial charge in [0.05, 0.1) is 16.3 Å². The zero-order valence-electron chi connectivity index (χ0n) is 20.8. The lowest BCUT2D eigenvalue weighted by Gasteiger charge is -2.32. The van der Waals surface area contributed by atoms with Crippen LogP contribution in [0.15, 0.2) is 48.7 Å². The predicted octanol–water partition coefficient (Wildman–Crippen LogP) is 5.66. The number of nitrogens with one attached hydrogen (secondary N) is 1. The Morgan fingerprint density at radius 1 is 1.10 bits per heavy atom. The SMILES string of the molecule is O=C(NC1CCC(CN2C(=O)C(O)(c3cccc(F)c3F)c3ccc(F)cc32)CC1)c1cc(Cl)cnc1C(F)F. The number of anilines is 1. The monoisotopic (exact) mass is 579 g/mol. The average molecular weight is 580 g/mol. The van der Waals surface area contributed by atoms with Crippen molar-refractivity contribution in [2.75, 3.05) is 11.4 Å². The van der Waals surface area contributed by atoms with E-state index < -0.39 is 52.5 Å². The van der Waals surface area contributed by atoms with Gasteiger partial charge in [-0.05, 0) is 55.9 Å². The average Bonchev–Trinajstić information content (AvgIpc) is 3.12. The molecule has 210 valence electrons. The quantitative estimate of drug-likeness (QED) is 0.369. The van der Waals surface area contributed by atoms with Crippen molar-refractivity contribution in [3.8, 4) is 0 Å². The third-order valence-electron chi connectivity index (χ3n) is 7.50. The number of carbonyl (C=O) groups is 2. The van der Waals surface area contributed by atoms with Gasteiger partial charge in [-0.25, -0.2) is 22.0 Å². The highest BCUT2D eigenvalue weighted by Gasteiger charge is 2.53. The number of hydrogen-bond donors (Lipinski definition) is 2. The topological polar surface area (TPSA) is 82.5 Å². The van der Waals surface area contributed by atoms with Crippen molar-refractivity contribution >= 4 is 29.1 Å². The summed E-state index contributed by atoms with van der Waals surface area (Å²) in [5, 5.41) is 14.3. The highest BCUT2D eigenvalue weighted by atomic mass is 35.5. The number of nitrogens with zero attached hydrogens (tertiary/aromatic N) is 2. The second kappa shape index (κ2) is 10.8. The van der Waals surface area contributed by atoms with E-state index in [-0.39, 0.29) is 40.3 Å². The van der Waals surface area contributed by atoms with Gasteiger partial charge < -0.3 is 15.3 Å². The van der Waals surface area contributed by atoms with Crippen LogP contribution in [0.4, 0.5) is 27.6 Å². The van der Waals surface area contributed by atoms with Crippen LogP contribution in [-0.4, -0.2) is 34.5 Å². The summed E-state index contributed by atoms with van der Waals surface area (Å²) >= 11 is 5.84. The zero-order valence-corrected chi connectivity index (χ0v) is 21.6. The van der Waals surface area contributed by atoms with Crippen LogP contribution in [-0.2, 0) is 10.4 Å². The van der Waals surface area contributed by atoms with E-state index in [2.05, 4.69) is 10.3 Å². The third kappa shape index (κ3) is 4.92. The molecule has 2 N–H and O–H groups in total. The van der Waals surface area contributed by atoms with Gasteiger partial charge in [0.25, 0.3) is 18.2 Å². The standard InChI is InChI=1S/C28H23ClF5N3O3/c29-15-10-18(24(25(33)34)35-12-15)26(38)36-17-7-4-14(5-8-17)13-37-22-11-16(30)6-9-19(22)28(40,27(37)39)20-2-1-3-21(31)23(20)32/h1-3,6,9-12,14,17,25,40H,4-5,7-8,13H2,(H,36,38). The first kappa shape index (κ1) is 28.0. The molecule has 1 unspecified atom stereocenters. The Kier molecular flexibility index (Phi) is 7.54. The van der Waals surface area contributed by atoms with Crippen LogP contribution in [0.25, 0.3) is 0 Å². The van der Waals surface area contributed by atoms with Crippen LogP contribution < -0.4 is 10.2 Å². The number of aliphatic hydroxyl groups is 1. The summed E-state index contributed by atoms with van der Waals surface area (Å²) in [6.07, 6.45) is -0.00871. The number of amides is 2. The molecule has 2 aromatic carbocycles. The molecule has 1 saturated carbocycles. The molecule has 2 amide bonds. The second-order valence-corrected chi connectivity index (χ2v) is 10.4. The summed E-state index contributed by atoms with van der Waals surface area (Å²) < 4.78 is 69.6. The number of carbonyl (C=O) groups excluding carboxylic acids is 2. The second-order valence-electron chi connectivity index (χ2n) is 9.97. The van der Waals surface area contributed by atoms with E-state index in [1.54, 1.807) is 0 Å². The summed E-state index contributed by atoms with van der Waals surface area (Å²) in [4.78, 5) is 31.0. The molecule has 2 aliphatic rings. The Hall–Kier alpha value is -3.57. The van der Waals surface area contributed by atoms with Gasteiger partial charge in [-0.15, -0.1) is 0 Å². The first-order chi connectivity index (χ1) is 19.0. The van der Waals surface area contributed by atoms with Crippen molar-refractivity contribution in [3.05, 3.63) is 93.5 Å². The van der Waals surface area contributed by atoms with Crippen LogP contribution in [0.5, 0.6) is 0 Å². The highest BCUT2D eigenvalue weighted by molar-refractivity contribution is 6.30. The van der Waals surface area contributed by atoms with Crippen molar-refractivity contribution in [2.45, 2.75) is 43.8 Å². The van der Waals surface area contributed by atoms with Crippen LogP contribution in [0, 0.1) is 23.4 Å². The van der Waals surface area contributed by atoms with Crippen molar-refractivity contribution in [3.63, 3.8) is 0 Å². The molecule has 1 aromatic heterocycles. The Bertz CT molecular complexity index is 1480. The van der Waals surface area contributed by atoms with Gasteiger partial charge in [0.1, 0.15) is 11.5 Å². The van der Waals surface area contributed by atoms with Gasteiger partial charge in [-0.3, -0.25) is 14.6 Å². The fourth-order valence-electron chi connectivity index (χ4n) is 5.50. The first-order valence-electron chi connectivity index (χ1n) is 12.5. The van der Waals surface area contributed by atoms with Gasteiger partial charge in [-0.1, -0.05) is 29.8 Å². The lowest BCUT2D eigenvalue weighted by atomic mass is 9.85. The number of rotatable bonds is 6. The van der Waals surface area contributed by atoms with Crippen LogP contribution in [0.3, 0.4) is 0 Å². The van der Waals surface area contributed by atoms with Gasteiger partial charge >= 0.3 is 0 Å². The Morgan fingerprint density at radius 3 is 2.52 bits per heavy atom. The fourth-order valence-corrected chi connectivity index (χ4v) is 5.65. The van der Waals surface area contributed by atoms with Gasteiger partial charge in [0, 0.05) is 29.9 Å². The normalized spacial score (nSPS) is 22.5. The molecule has 1 aliphatic heterocycles. The lowest BCUT2D eigenvalue weighted by Crippen LogP contribution is -2.45. The van der Waals surface area contributed by atoms with Crippen molar-refractivity contribution < 1.29 is 36.6 Å². The molecule has 1 aliphatic carbocycles. The Morgan fingerprint density at radius 2 is 1.82 bits per heavy atom. The number of benzene rings is 2. The number of hydrogen-bond acceptors (Lipinski definition) is 4. The summed E-state index contributed by atoms with van der Waals surface area (Å²) in [6, 6.07) is 7.20. The van der Waals surface area contributed by atoms with Crippen molar-refractivity contribution in [1.82, 2.24) is 10.3 Å². The first-order valence-corrected chi connectivity index (χ1v) is 12.9. The summed E-state index contributed by atoms with van der Waals surface area (Å²) in [6.45, 7) is 0.0585. The molecular formula is C28H23ClF5N3O3. The Labute approximate surface area is 230 Å². The largest absolute Gasteiger partial charge is 0.372 e. The Balaban J connectivity index is 1.31. The molecule has 0 saturated heterocycles. The molecule has 0 radical (unpaired) electrons. The minimum atomic E-state index is -2.96. The molecule has 2 heterocycles. The summed E-state index contributed by atoms with van der Waals surface area (Å²) in [5.41, 5.74) is -4.11. The van der Waals surface area contributed by atoms with Gasteiger partial charge in [-0.2, -0.15) is 0 Å². The molecule has 6 nitrogen and oxygen atoms in total. The molecule has 0 spiro atoms. The van der Waals surface area contributed by atoms with E-state index in [9.17, 15) is 36.6 Å². The minimum Gasteiger partial charge on any atom is -0.372 e. The van der Waals surface area contributed by atoms with Crippen LogP contribution >= 0.6 is 11.6 Å². The van der Waals surface area contributed by atoms with E-state index in [1.165, 1.54) is 17.0 Å². The van der Waals surface area contributed by atoms with E-state index in [4.69, 9.17) is 11.6 Å². The third-order valence-corrected chi connectivity index (χ3v) is 7.70. The summed E-state index contributed by atoms with van der Waals surface area (Å²) in [5.74, 6) is -5.09. The number of pyridine rings is 1. The predicted molar refractivity (Wildman–Crippen MR) is 136 cm³/mol. The maximum atomic E-state index is 14.7. The smallest absolute Gasteiger partial charge is 0.281 e. The maximum absolute atomic E-state index is 14.7. The molecule has 12 heteroatoms. The van der Waals surface area contributed by atoms with Gasteiger partial charge in [0.15, 0.2) is 17.2 Å². The molecule has 0 bridgehead atoms. The van der Waals surface area contributed by atoms with E-state index >= 15 is 0 Å². The van der Waals surface area contributed by atoms with E-state index in [0.29, 0.717) is 25.7 Å². The van der Waals surface area contributed by atoms with E-state index in [0.717, 1.165) is 36.5 Å². The van der Waals surface area contributed by atoms with Gasteiger partial charge in [0.2, 0.25) is 0 Å². The minimum absolute atomic E-state index is 0.0448. The molecule has 40 heavy (non-hydrogen) atoms. The lowest BCUT2D eigenvalue weighted by molar-refractivity contribution is -0.132.